The summed E-state index contributed by atoms with van der Waals surface area (Å²) in [6.45, 7) is 4.03. The summed E-state index contributed by atoms with van der Waals surface area (Å²) in [5.74, 6) is 0.229. The molecule has 4 rings (SSSR count). The molecule has 6 nitrogen and oxygen atoms in total. The van der Waals surface area contributed by atoms with Crippen LogP contribution in [0.25, 0.3) is 6.08 Å². The van der Waals surface area contributed by atoms with E-state index in [-0.39, 0.29) is 23.7 Å². The standard InChI is InChI=1S/C27H24N2O4S/c1-18(2)22-10-6-7-11-23(22)28-25(30)17-33-21-14-12-19(13-15-21)16-24-26(31)29(27(32)34-24)20-8-4-3-5-9-20/h3-16,18H,17H2,1-2H3,(H,28,30)/b24-16-. The van der Waals surface area contributed by atoms with Crippen LogP contribution in [0.4, 0.5) is 16.2 Å². The van der Waals surface area contributed by atoms with Gasteiger partial charge in [-0.25, -0.2) is 4.90 Å². The van der Waals surface area contributed by atoms with E-state index < -0.39 is 0 Å². The average Bonchev–Trinajstić information content (AvgIpc) is 3.12. The van der Waals surface area contributed by atoms with Gasteiger partial charge in [0.2, 0.25) is 0 Å². The number of nitrogens with zero attached hydrogens (tertiary/aromatic N) is 1. The summed E-state index contributed by atoms with van der Waals surface area (Å²) < 4.78 is 5.61. The highest BCUT2D eigenvalue weighted by Gasteiger charge is 2.36. The van der Waals surface area contributed by atoms with E-state index >= 15 is 0 Å². The number of hydrogen-bond acceptors (Lipinski definition) is 5. The Morgan fingerprint density at radius 1 is 0.971 bits per heavy atom. The summed E-state index contributed by atoms with van der Waals surface area (Å²) >= 11 is 0.908. The minimum Gasteiger partial charge on any atom is -0.484 e. The Labute approximate surface area is 202 Å². The first-order valence-electron chi connectivity index (χ1n) is 10.9. The van der Waals surface area contributed by atoms with Crippen molar-refractivity contribution < 1.29 is 19.1 Å². The van der Waals surface area contributed by atoms with Gasteiger partial charge in [0.15, 0.2) is 6.61 Å². The molecule has 0 bridgehead atoms. The Hall–Kier alpha value is -3.84. The maximum atomic E-state index is 12.7. The molecule has 3 aromatic carbocycles. The van der Waals surface area contributed by atoms with Gasteiger partial charge in [-0.2, -0.15) is 0 Å². The summed E-state index contributed by atoms with van der Waals surface area (Å²) in [4.78, 5) is 38.9. The van der Waals surface area contributed by atoms with Crippen molar-refractivity contribution in [2.75, 3.05) is 16.8 Å². The third kappa shape index (κ3) is 5.38. The van der Waals surface area contributed by atoms with Crippen LogP contribution in [0.3, 0.4) is 0 Å². The molecule has 172 valence electrons. The zero-order valence-corrected chi connectivity index (χ0v) is 19.7. The predicted octanol–water partition coefficient (Wildman–Crippen LogP) is 6.07. The van der Waals surface area contributed by atoms with Gasteiger partial charge in [0, 0.05) is 5.69 Å². The van der Waals surface area contributed by atoms with Crippen LogP contribution in [-0.4, -0.2) is 23.7 Å². The minimum absolute atomic E-state index is 0.123. The Morgan fingerprint density at radius 3 is 2.35 bits per heavy atom. The van der Waals surface area contributed by atoms with Crippen LogP contribution in [0.2, 0.25) is 0 Å². The van der Waals surface area contributed by atoms with Crippen molar-refractivity contribution in [2.45, 2.75) is 19.8 Å². The van der Waals surface area contributed by atoms with Crippen LogP contribution >= 0.6 is 11.8 Å². The number of benzene rings is 3. The smallest absolute Gasteiger partial charge is 0.298 e. The van der Waals surface area contributed by atoms with Gasteiger partial charge >= 0.3 is 0 Å². The molecule has 1 N–H and O–H groups in total. The first-order valence-corrected chi connectivity index (χ1v) is 11.7. The lowest BCUT2D eigenvalue weighted by molar-refractivity contribution is -0.118. The zero-order chi connectivity index (χ0) is 24.1. The molecule has 1 saturated heterocycles. The molecule has 0 saturated carbocycles. The molecule has 1 aliphatic rings. The highest BCUT2D eigenvalue weighted by atomic mass is 32.2. The zero-order valence-electron chi connectivity index (χ0n) is 18.9. The molecule has 3 amide bonds. The highest BCUT2D eigenvalue weighted by molar-refractivity contribution is 8.19. The Balaban J connectivity index is 1.36. The fourth-order valence-electron chi connectivity index (χ4n) is 3.53. The molecule has 0 radical (unpaired) electrons. The topological polar surface area (TPSA) is 75.7 Å². The molecule has 0 atom stereocenters. The molecule has 0 spiro atoms. The maximum Gasteiger partial charge on any atom is 0.298 e. The number of amides is 3. The molecule has 0 unspecified atom stereocenters. The normalized spacial score (nSPS) is 14.7. The van der Waals surface area contributed by atoms with E-state index in [2.05, 4.69) is 19.2 Å². The van der Waals surface area contributed by atoms with Crippen molar-refractivity contribution in [3.63, 3.8) is 0 Å². The third-order valence-corrected chi connectivity index (χ3v) is 6.08. The second-order valence-corrected chi connectivity index (χ2v) is 8.99. The molecular formula is C27H24N2O4S. The van der Waals surface area contributed by atoms with Crippen LogP contribution < -0.4 is 15.0 Å². The Kier molecular flexibility index (Phi) is 7.13. The van der Waals surface area contributed by atoms with E-state index in [0.717, 1.165) is 28.6 Å². The van der Waals surface area contributed by atoms with Crippen LogP contribution in [0.15, 0.2) is 83.8 Å². The molecule has 1 heterocycles. The first-order chi connectivity index (χ1) is 16.4. The van der Waals surface area contributed by atoms with Gasteiger partial charge in [-0.05, 0) is 65.2 Å². The lowest BCUT2D eigenvalue weighted by atomic mass is 10.0. The highest BCUT2D eigenvalue weighted by Crippen LogP contribution is 2.35. The van der Waals surface area contributed by atoms with Gasteiger partial charge in [-0.15, -0.1) is 0 Å². The van der Waals surface area contributed by atoms with Gasteiger partial charge in [0.25, 0.3) is 17.1 Å². The van der Waals surface area contributed by atoms with Crippen LogP contribution in [0.5, 0.6) is 5.75 Å². The molecular weight excluding hydrogens is 448 g/mol. The summed E-state index contributed by atoms with van der Waals surface area (Å²) in [5.41, 5.74) is 3.15. The van der Waals surface area contributed by atoms with E-state index in [1.54, 1.807) is 54.6 Å². The summed E-state index contributed by atoms with van der Waals surface area (Å²) in [5, 5.41) is 2.57. The quantitative estimate of drug-likeness (QED) is 0.423. The van der Waals surface area contributed by atoms with E-state index in [9.17, 15) is 14.4 Å². The van der Waals surface area contributed by atoms with Crippen LogP contribution in [-0.2, 0) is 9.59 Å². The number of imide groups is 1. The Morgan fingerprint density at radius 2 is 1.65 bits per heavy atom. The van der Waals surface area contributed by atoms with Crippen LogP contribution in [0.1, 0.15) is 30.9 Å². The van der Waals surface area contributed by atoms with Gasteiger partial charge in [-0.1, -0.05) is 62.4 Å². The van der Waals surface area contributed by atoms with Crippen molar-refractivity contribution in [2.24, 2.45) is 0 Å². The number of carbonyl (C=O) groups is 3. The number of hydrogen-bond donors (Lipinski definition) is 1. The van der Waals surface area contributed by atoms with Crippen molar-refractivity contribution in [3.05, 3.63) is 94.9 Å². The number of para-hydroxylation sites is 2. The molecule has 3 aromatic rings. The second kappa shape index (κ2) is 10.4. The number of thioether (sulfide) groups is 1. The Bertz CT molecular complexity index is 1240. The van der Waals surface area contributed by atoms with Crippen molar-refractivity contribution in [1.82, 2.24) is 0 Å². The average molecular weight is 473 g/mol. The molecule has 0 aromatic heterocycles. The second-order valence-electron chi connectivity index (χ2n) is 8.00. The minimum atomic E-state index is -0.347. The number of ether oxygens (including phenoxy) is 1. The summed E-state index contributed by atoms with van der Waals surface area (Å²) in [6.07, 6.45) is 1.67. The summed E-state index contributed by atoms with van der Waals surface area (Å²) in [7, 11) is 0. The molecule has 1 fully saturated rings. The molecule has 0 aliphatic carbocycles. The SMILES string of the molecule is CC(C)c1ccccc1NC(=O)COc1ccc(/C=C2\SC(=O)N(c3ccccc3)C2=O)cc1. The lowest BCUT2D eigenvalue weighted by Gasteiger charge is -2.14. The number of rotatable bonds is 7. The van der Waals surface area contributed by atoms with E-state index in [1.807, 2.05) is 30.3 Å². The van der Waals surface area contributed by atoms with Gasteiger partial charge in [0.05, 0.1) is 10.6 Å². The summed E-state index contributed by atoms with van der Waals surface area (Å²) in [6, 6.07) is 23.5. The molecule has 34 heavy (non-hydrogen) atoms. The van der Waals surface area contributed by atoms with E-state index in [0.29, 0.717) is 22.3 Å². The van der Waals surface area contributed by atoms with Crippen molar-refractivity contribution in [3.8, 4) is 5.75 Å². The third-order valence-electron chi connectivity index (χ3n) is 5.21. The number of carbonyl (C=O) groups excluding carboxylic acids is 3. The van der Waals surface area contributed by atoms with Gasteiger partial charge < -0.3 is 10.1 Å². The van der Waals surface area contributed by atoms with Crippen molar-refractivity contribution >= 4 is 46.3 Å². The maximum absolute atomic E-state index is 12.7. The molecule has 7 heteroatoms. The number of anilines is 2. The first kappa shape index (κ1) is 23.3. The lowest BCUT2D eigenvalue weighted by Crippen LogP contribution is -2.27. The van der Waals surface area contributed by atoms with Crippen molar-refractivity contribution in [1.29, 1.82) is 0 Å². The van der Waals surface area contributed by atoms with E-state index in [4.69, 9.17) is 4.74 Å². The fourth-order valence-corrected chi connectivity index (χ4v) is 4.37. The molecule has 1 aliphatic heterocycles. The fraction of sp³-hybridized carbons (Fsp3) is 0.148. The number of nitrogens with one attached hydrogen (secondary N) is 1. The van der Waals surface area contributed by atoms with E-state index in [1.165, 1.54) is 4.90 Å². The van der Waals surface area contributed by atoms with Crippen LogP contribution in [0, 0.1) is 0 Å². The van der Waals surface area contributed by atoms with Gasteiger partial charge in [0.1, 0.15) is 5.75 Å². The largest absolute Gasteiger partial charge is 0.484 e. The van der Waals surface area contributed by atoms with Gasteiger partial charge in [-0.3, -0.25) is 14.4 Å². The predicted molar refractivity (Wildman–Crippen MR) is 136 cm³/mol. The monoisotopic (exact) mass is 472 g/mol.